The van der Waals surface area contributed by atoms with Crippen molar-refractivity contribution < 1.29 is 27.1 Å². The third kappa shape index (κ3) is 5.12. The molecule has 2 aromatic rings. The number of amides is 1. The maximum atomic E-state index is 13.2. The minimum atomic E-state index is -5.00. The summed E-state index contributed by atoms with van der Waals surface area (Å²) < 4.78 is 57.1. The van der Waals surface area contributed by atoms with Crippen molar-refractivity contribution in [3.8, 4) is 5.88 Å². The molecular weight excluding hydrogens is 392 g/mol. The van der Waals surface area contributed by atoms with Crippen molar-refractivity contribution in [2.45, 2.75) is 31.5 Å². The third-order valence-corrected chi connectivity index (χ3v) is 4.70. The van der Waals surface area contributed by atoms with Crippen molar-refractivity contribution in [3.63, 3.8) is 0 Å². The Bertz CT molecular complexity index is 845. The Labute approximate surface area is 164 Å². The number of halogens is 4. The fraction of sp³-hybridized carbons (Fsp3) is 0.421. The van der Waals surface area contributed by atoms with E-state index in [4.69, 9.17) is 4.74 Å². The Morgan fingerprint density at radius 3 is 2.66 bits per heavy atom. The van der Waals surface area contributed by atoms with Crippen LogP contribution in [0.25, 0.3) is 0 Å². The van der Waals surface area contributed by atoms with Crippen LogP contribution in [0.1, 0.15) is 24.8 Å². The van der Waals surface area contributed by atoms with Gasteiger partial charge in [0.1, 0.15) is 5.82 Å². The molecule has 0 aliphatic carbocycles. The van der Waals surface area contributed by atoms with Gasteiger partial charge in [0, 0.05) is 19.0 Å². The zero-order chi connectivity index (χ0) is 21.0. The zero-order valence-electron chi connectivity index (χ0n) is 15.6. The predicted molar refractivity (Wildman–Crippen MR) is 97.2 cm³/mol. The number of alkyl halides is 3. The highest BCUT2D eigenvalue weighted by Gasteiger charge is 2.42. The van der Waals surface area contributed by atoms with E-state index < -0.39 is 29.9 Å². The molecule has 0 saturated carbocycles. The molecule has 2 unspecified atom stereocenters. The van der Waals surface area contributed by atoms with Crippen molar-refractivity contribution in [1.82, 2.24) is 15.3 Å². The number of hydrogen-bond acceptors (Lipinski definition) is 5. The number of nitrogens with zero attached hydrogens (tertiary/aromatic N) is 3. The van der Waals surface area contributed by atoms with E-state index >= 15 is 0 Å². The van der Waals surface area contributed by atoms with Gasteiger partial charge in [-0.05, 0) is 31.0 Å². The minimum Gasteiger partial charge on any atom is -0.477 e. The van der Waals surface area contributed by atoms with E-state index in [2.05, 4.69) is 15.3 Å². The second kappa shape index (κ2) is 8.62. The highest BCUT2D eigenvalue weighted by molar-refractivity contribution is 5.82. The lowest BCUT2D eigenvalue weighted by Crippen LogP contribution is -2.54. The molecule has 3 rings (SSSR count). The van der Waals surface area contributed by atoms with Crippen LogP contribution >= 0.6 is 0 Å². The van der Waals surface area contributed by atoms with Crippen molar-refractivity contribution in [3.05, 3.63) is 48.0 Å². The fourth-order valence-corrected chi connectivity index (χ4v) is 3.37. The number of ether oxygens (including phenoxy) is 1. The fourth-order valence-electron chi connectivity index (χ4n) is 3.37. The summed E-state index contributed by atoms with van der Waals surface area (Å²) in [7, 11) is 0. The number of hydrogen-bond donors (Lipinski definition) is 1. The number of anilines is 1. The summed E-state index contributed by atoms with van der Waals surface area (Å²) in [6.07, 6.45) is -1.62. The average Bonchev–Trinajstić information content (AvgIpc) is 2.68. The lowest BCUT2D eigenvalue weighted by atomic mass is 9.85. The van der Waals surface area contributed by atoms with Crippen LogP contribution in [0, 0.1) is 5.82 Å². The number of aromatic nitrogens is 2. The van der Waals surface area contributed by atoms with E-state index in [0.29, 0.717) is 36.8 Å². The Balaban J connectivity index is 1.84. The maximum Gasteiger partial charge on any atom is 0.471 e. The number of benzene rings is 1. The average molecular weight is 412 g/mol. The van der Waals surface area contributed by atoms with Crippen molar-refractivity contribution >= 4 is 11.7 Å². The molecule has 0 radical (unpaired) electrons. The highest BCUT2D eigenvalue weighted by atomic mass is 19.4. The van der Waals surface area contributed by atoms with Gasteiger partial charge < -0.3 is 15.0 Å². The first-order valence-corrected chi connectivity index (χ1v) is 9.11. The topological polar surface area (TPSA) is 67.3 Å². The van der Waals surface area contributed by atoms with Gasteiger partial charge in [0.2, 0.25) is 5.88 Å². The molecule has 1 aromatic heterocycles. The highest BCUT2D eigenvalue weighted by Crippen LogP contribution is 2.31. The van der Waals surface area contributed by atoms with Crippen LogP contribution in [0.3, 0.4) is 0 Å². The number of carbonyl (C=O) groups excluding carboxylic acids is 1. The lowest BCUT2D eigenvalue weighted by molar-refractivity contribution is -0.174. The molecule has 6 nitrogen and oxygen atoms in total. The first-order chi connectivity index (χ1) is 13.8. The van der Waals surface area contributed by atoms with Gasteiger partial charge in [0.05, 0.1) is 25.0 Å². The molecule has 2 atom stereocenters. The minimum absolute atomic E-state index is 0.0914. The second-order valence-corrected chi connectivity index (χ2v) is 6.62. The van der Waals surface area contributed by atoms with Gasteiger partial charge in [-0.25, -0.2) is 4.39 Å². The molecule has 1 amide bonds. The molecule has 1 saturated heterocycles. The molecule has 10 heteroatoms. The molecule has 2 heterocycles. The standard InChI is InChI=1S/C19H20F4N4O2/c1-2-29-17-10-24-9-16(26-17)27-8-7-14(12-3-5-13(20)6-4-12)15(11-27)25-18(28)19(21,22)23/h3-6,9-10,14-15H,2,7-8,11H2,1H3,(H,25,28). The summed E-state index contributed by atoms with van der Waals surface area (Å²) in [5.41, 5.74) is 0.660. The van der Waals surface area contributed by atoms with Crippen LogP contribution in [-0.4, -0.2) is 47.8 Å². The SMILES string of the molecule is CCOc1cncc(N2CCC(c3ccc(F)cc3)C(NC(=O)C(F)(F)F)C2)n1. The van der Waals surface area contributed by atoms with E-state index in [9.17, 15) is 22.4 Å². The van der Waals surface area contributed by atoms with Crippen molar-refractivity contribution in [2.24, 2.45) is 0 Å². The first-order valence-electron chi connectivity index (χ1n) is 9.11. The van der Waals surface area contributed by atoms with Gasteiger partial charge in [0.25, 0.3) is 0 Å². The molecule has 156 valence electrons. The van der Waals surface area contributed by atoms with Crippen LogP contribution < -0.4 is 15.0 Å². The maximum absolute atomic E-state index is 13.2. The molecule has 0 bridgehead atoms. The van der Waals surface area contributed by atoms with Gasteiger partial charge in [-0.2, -0.15) is 18.2 Å². The normalized spacial score (nSPS) is 19.7. The number of carbonyl (C=O) groups is 1. The zero-order valence-corrected chi connectivity index (χ0v) is 15.6. The van der Waals surface area contributed by atoms with Gasteiger partial charge in [-0.15, -0.1) is 0 Å². The van der Waals surface area contributed by atoms with E-state index in [1.165, 1.54) is 36.7 Å². The smallest absolute Gasteiger partial charge is 0.471 e. The van der Waals surface area contributed by atoms with E-state index in [1.54, 1.807) is 11.8 Å². The monoisotopic (exact) mass is 412 g/mol. The Kier molecular flexibility index (Phi) is 6.19. The Hall–Kier alpha value is -2.91. The van der Waals surface area contributed by atoms with Crippen molar-refractivity contribution in [2.75, 3.05) is 24.6 Å². The summed E-state index contributed by atoms with van der Waals surface area (Å²) in [6, 6.07) is 4.71. The summed E-state index contributed by atoms with van der Waals surface area (Å²) in [5, 5.41) is 2.08. The molecule has 1 aliphatic heterocycles. The van der Waals surface area contributed by atoms with Gasteiger partial charge >= 0.3 is 12.1 Å². The quantitative estimate of drug-likeness (QED) is 0.765. The summed E-state index contributed by atoms with van der Waals surface area (Å²) in [6.45, 7) is 2.76. The largest absolute Gasteiger partial charge is 0.477 e. The van der Waals surface area contributed by atoms with Gasteiger partial charge in [0.15, 0.2) is 5.82 Å². The van der Waals surface area contributed by atoms with Crippen LogP contribution in [-0.2, 0) is 4.79 Å². The number of piperidine rings is 1. The Morgan fingerprint density at radius 1 is 1.28 bits per heavy atom. The van der Waals surface area contributed by atoms with Crippen LogP contribution in [0.15, 0.2) is 36.7 Å². The van der Waals surface area contributed by atoms with Gasteiger partial charge in [-0.3, -0.25) is 9.78 Å². The molecule has 0 spiro atoms. The predicted octanol–water partition coefficient (Wildman–Crippen LogP) is 3.06. The number of nitrogens with one attached hydrogen (secondary N) is 1. The molecule has 1 aromatic carbocycles. The van der Waals surface area contributed by atoms with E-state index in [-0.39, 0.29) is 6.54 Å². The van der Waals surface area contributed by atoms with Crippen LogP contribution in [0.5, 0.6) is 5.88 Å². The first kappa shape index (κ1) is 20.8. The molecule has 1 fully saturated rings. The summed E-state index contributed by atoms with van der Waals surface area (Å²) in [5.74, 6) is -2.10. The van der Waals surface area contributed by atoms with Crippen LogP contribution in [0.4, 0.5) is 23.4 Å². The van der Waals surface area contributed by atoms with E-state index in [1.807, 2.05) is 0 Å². The molecular formula is C19H20F4N4O2. The van der Waals surface area contributed by atoms with E-state index in [0.717, 1.165) is 0 Å². The van der Waals surface area contributed by atoms with Crippen molar-refractivity contribution in [1.29, 1.82) is 0 Å². The molecule has 29 heavy (non-hydrogen) atoms. The molecule has 1 aliphatic rings. The second-order valence-electron chi connectivity index (χ2n) is 6.62. The number of rotatable bonds is 5. The Morgan fingerprint density at radius 2 is 2.00 bits per heavy atom. The molecule has 1 N–H and O–H groups in total. The summed E-state index contributed by atoms with van der Waals surface area (Å²) in [4.78, 5) is 21.7. The van der Waals surface area contributed by atoms with Crippen LogP contribution in [0.2, 0.25) is 0 Å². The van der Waals surface area contributed by atoms with Gasteiger partial charge in [-0.1, -0.05) is 12.1 Å². The lowest BCUT2D eigenvalue weighted by Gasteiger charge is -2.39. The third-order valence-electron chi connectivity index (χ3n) is 4.70. The summed E-state index contributed by atoms with van der Waals surface area (Å²) >= 11 is 0.